The molecule has 14 nitrogen and oxygen atoms in total. The monoisotopic (exact) mass is 478 g/mol. The molecule has 2 heterocycles. The molecule has 15 heteroatoms. The fourth-order valence-electron chi connectivity index (χ4n) is 4.50. The van der Waals surface area contributed by atoms with Crippen LogP contribution in [0.5, 0.6) is 0 Å². The first-order valence-electron chi connectivity index (χ1n) is 10.9. The third-order valence-electron chi connectivity index (χ3n) is 6.53. The van der Waals surface area contributed by atoms with Gasteiger partial charge >= 0.3 is 0 Å². The van der Waals surface area contributed by atoms with Gasteiger partial charge in [-0.05, 0) is 13.3 Å². The quantitative estimate of drug-likeness (QED) is 0.153. The zero-order valence-corrected chi connectivity index (χ0v) is 18.2. The van der Waals surface area contributed by atoms with Crippen molar-refractivity contribution in [3.63, 3.8) is 0 Å². The Morgan fingerprint density at radius 3 is 2.12 bits per heavy atom. The summed E-state index contributed by atoms with van der Waals surface area (Å²) in [6.45, 7) is 1.29. The van der Waals surface area contributed by atoms with Gasteiger partial charge in [-0.3, -0.25) is 0 Å². The van der Waals surface area contributed by atoms with E-state index >= 15 is 0 Å². The van der Waals surface area contributed by atoms with E-state index in [0.717, 1.165) is 0 Å². The van der Waals surface area contributed by atoms with E-state index in [0.29, 0.717) is 0 Å². The zero-order valence-electron chi connectivity index (χ0n) is 18.2. The van der Waals surface area contributed by atoms with Crippen LogP contribution in [-0.2, 0) is 18.9 Å². The van der Waals surface area contributed by atoms with Crippen LogP contribution in [0.3, 0.4) is 0 Å². The van der Waals surface area contributed by atoms with Crippen LogP contribution in [-0.4, -0.2) is 137 Å². The Balaban J connectivity index is 1.81. The summed E-state index contributed by atoms with van der Waals surface area (Å²) >= 11 is 0. The fraction of sp³-hybridized carbons (Fsp3) is 1.00. The molecule has 0 aromatic rings. The molecule has 15 atom stereocenters. The molecule has 2 radical (unpaired) electrons. The van der Waals surface area contributed by atoms with E-state index in [4.69, 9.17) is 44.1 Å². The lowest BCUT2D eigenvalue weighted by Crippen LogP contribution is -2.68. The van der Waals surface area contributed by atoms with Crippen molar-refractivity contribution in [2.75, 3.05) is 6.54 Å². The van der Waals surface area contributed by atoms with Crippen LogP contribution in [0, 0.1) is 0 Å². The SMILES string of the molecule is [B]NC1CC(N)C(OC2OC([C@@H](C)O)C(O)C(O)C2N)C(OC2OC(CN)C(O)C2O)C1O. The highest BCUT2D eigenvalue weighted by molar-refractivity contribution is 6.04. The molecule has 3 fully saturated rings. The molecule has 0 aromatic heterocycles. The summed E-state index contributed by atoms with van der Waals surface area (Å²) in [5.74, 6) is 0. The van der Waals surface area contributed by atoms with Crippen molar-refractivity contribution >= 4 is 7.98 Å². The second-order valence-corrected chi connectivity index (χ2v) is 8.89. The largest absolute Gasteiger partial charge is 0.391 e. The lowest BCUT2D eigenvalue weighted by molar-refractivity contribution is -0.315. The van der Waals surface area contributed by atoms with Gasteiger partial charge in [0.1, 0.15) is 48.8 Å². The van der Waals surface area contributed by atoms with Gasteiger partial charge in [0.2, 0.25) is 0 Å². The van der Waals surface area contributed by atoms with Crippen LogP contribution in [0.15, 0.2) is 0 Å². The summed E-state index contributed by atoms with van der Waals surface area (Å²) < 4.78 is 22.8. The molecule has 1 saturated carbocycles. The summed E-state index contributed by atoms with van der Waals surface area (Å²) in [7, 11) is 5.52. The molecule has 33 heavy (non-hydrogen) atoms. The van der Waals surface area contributed by atoms with E-state index in [1.165, 1.54) is 6.92 Å². The number of aliphatic hydroxyl groups excluding tert-OH is 6. The Hall–Kier alpha value is -0.495. The number of aliphatic hydroxyl groups is 6. The fourth-order valence-corrected chi connectivity index (χ4v) is 4.50. The summed E-state index contributed by atoms with van der Waals surface area (Å²) in [4.78, 5) is 0. The van der Waals surface area contributed by atoms with Crippen molar-refractivity contribution in [2.45, 2.75) is 105 Å². The minimum absolute atomic E-state index is 0.0799. The molecule has 1 aliphatic carbocycles. The molecule has 3 rings (SSSR count). The van der Waals surface area contributed by atoms with Gasteiger partial charge in [0, 0.05) is 18.6 Å². The zero-order chi connectivity index (χ0) is 24.6. The van der Waals surface area contributed by atoms with Gasteiger partial charge in [0.25, 0.3) is 0 Å². The molecule has 0 amide bonds. The first kappa shape index (κ1) is 27.1. The first-order valence-corrected chi connectivity index (χ1v) is 10.9. The van der Waals surface area contributed by atoms with Crippen molar-refractivity contribution in [3.8, 4) is 0 Å². The molecule has 13 N–H and O–H groups in total. The number of rotatable bonds is 7. The Morgan fingerprint density at radius 2 is 1.58 bits per heavy atom. The van der Waals surface area contributed by atoms with E-state index < -0.39 is 91.7 Å². The molecular formula is C18H35BN4O10. The second kappa shape index (κ2) is 11.1. The lowest BCUT2D eigenvalue weighted by Gasteiger charge is -2.48. The second-order valence-electron chi connectivity index (χ2n) is 8.89. The molecule has 0 bridgehead atoms. The maximum absolute atomic E-state index is 10.9. The highest BCUT2D eigenvalue weighted by Gasteiger charge is 2.52. The third-order valence-corrected chi connectivity index (χ3v) is 6.53. The molecule has 0 spiro atoms. The molecule has 2 aliphatic heterocycles. The Kier molecular flexibility index (Phi) is 9.08. The number of ether oxygens (including phenoxy) is 4. The summed E-state index contributed by atoms with van der Waals surface area (Å²) in [5, 5.41) is 64.0. The van der Waals surface area contributed by atoms with Crippen molar-refractivity contribution in [1.82, 2.24) is 5.23 Å². The predicted octanol–water partition coefficient (Wildman–Crippen LogP) is -6.55. The van der Waals surface area contributed by atoms with Crippen molar-refractivity contribution in [2.24, 2.45) is 17.2 Å². The molecule has 190 valence electrons. The number of hydrogen-bond acceptors (Lipinski definition) is 14. The third kappa shape index (κ3) is 5.36. The smallest absolute Gasteiger partial charge is 0.187 e. The van der Waals surface area contributed by atoms with Crippen LogP contribution in [0.25, 0.3) is 0 Å². The Bertz CT molecular complexity index is 641. The minimum Gasteiger partial charge on any atom is -0.391 e. The van der Waals surface area contributed by atoms with E-state index in [1.54, 1.807) is 0 Å². The van der Waals surface area contributed by atoms with Gasteiger partial charge in [-0.1, -0.05) is 0 Å². The predicted molar refractivity (Wildman–Crippen MR) is 111 cm³/mol. The Labute approximate surface area is 192 Å². The van der Waals surface area contributed by atoms with Gasteiger partial charge < -0.3 is 72.0 Å². The highest BCUT2D eigenvalue weighted by atomic mass is 16.7. The minimum atomic E-state index is -1.48. The summed E-state index contributed by atoms with van der Waals surface area (Å²) in [5.41, 5.74) is 17.8. The maximum atomic E-state index is 10.9. The van der Waals surface area contributed by atoms with Gasteiger partial charge in [-0.25, -0.2) is 0 Å². The van der Waals surface area contributed by atoms with E-state index in [9.17, 15) is 30.6 Å². The van der Waals surface area contributed by atoms with Crippen LogP contribution in [0.4, 0.5) is 0 Å². The van der Waals surface area contributed by atoms with Gasteiger partial charge in [-0.15, -0.1) is 0 Å². The van der Waals surface area contributed by atoms with Crippen molar-refractivity contribution in [1.29, 1.82) is 0 Å². The average molecular weight is 478 g/mol. The van der Waals surface area contributed by atoms with Gasteiger partial charge in [0.05, 0.1) is 18.2 Å². The number of nitrogens with one attached hydrogen (secondary N) is 1. The van der Waals surface area contributed by atoms with E-state index in [1.807, 2.05) is 0 Å². The van der Waals surface area contributed by atoms with Crippen LogP contribution in [0.2, 0.25) is 0 Å². The first-order chi connectivity index (χ1) is 15.5. The van der Waals surface area contributed by atoms with E-state index in [-0.39, 0.29) is 13.0 Å². The summed E-state index contributed by atoms with van der Waals surface area (Å²) in [6.07, 6.45) is -15.2. The number of nitrogens with two attached hydrogens (primary N) is 3. The van der Waals surface area contributed by atoms with Gasteiger partial charge in [0.15, 0.2) is 20.6 Å². The molecule has 0 aromatic carbocycles. The lowest BCUT2D eigenvalue weighted by atomic mass is 9.83. The Morgan fingerprint density at radius 1 is 0.939 bits per heavy atom. The van der Waals surface area contributed by atoms with E-state index in [2.05, 4.69) is 5.23 Å². The van der Waals surface area contributed by atoms with Crippen LogP contribution >= 0.6 is 0 Å². The average Bonchev–Trinajstić information content (AvgIpc) is 3.05. The van der Waals surface area contributed by atoms with Gasteiger partial charge in [-0.2, -0.15) is 0 Å². The van der Waals surface area contributed by atoms with Crippen LogP contribution in [0.1, 0.15) is 13.3 Å². The molecular weight excluding hydrogens is 443 g/mol. The number of hydrogen-bond donors (Lipinski definition) is 10. The summed E-state index contributed by atoms with van der Waals surface area (Å²) in [6, 6.07) is -2.72. The molecule has 14 unspecified atom stereocenters. The van der Waals surface area contributed by atoms with Crippen molar-refractivity contribution < 1.29 is 49.6 Å². The maximum Gasteiger partial charge on any atom is 0.187 e. The molecule has 2 saturated heterocycles. The van der Waals surface area contributed by atoms with Crippen LogP contribution < -0.4 is 22.4 Å². The highest BCUT2D eigenvalue weighted by Crippen LogP contribution is 2.32. The van der Waals surface area contributed by atoms with Crippen molar-refractivity contribution in [3.05, 3.63) is 0 Å². The normalized spacial score (nSPS) is 52.1. The topological polar surface area (TPSA) is 248 Å². The standard InChI is InChI=1S/C18H35BN4O10/c1-4(24)14-12(28)11(27)8(22)17(31-14)32-15-5(21)2-6(23-19)9(25)16(15)33-18-13(29)10(26)7(3-20)30-18/h4-18,23-29H,2-3,20-22H2,1H3/t4-,5?,6?,7?,8?,9?,10?,11?,12?,13?,14?,15?,16?,17?,18?/m1/s1. The molecule has 3 aliphatic rings.